The first kappa shape index (κ1) is 11.7. The van der Waals surface area contributed by atoms with Gasteiger partial charge in [0.2, 0.25) is 0 Å². The lowest BCUT2D eigenvalue weighted by atomic mass is 10.1. The van der Waals surface area contributed by atoms with Crippen molar-refractivity contribution in [2.45, 2.75) is 6.42 Å². The molecule has 1 rings (SSSR count). The van der Waals surface area contributed by atoms with Crippen molar-refractivity contribution < 1.29 is 9.13 Å². The molecule has 0 radical (unpaired) electrons. The molecule has 0 unspecified atom stereocenters. The van der Waals surface area contributed by atoms with Crippen LogP contribution in [0, 0.1) is 17.7 Å². The van der Waals surface area contributed by atoms with E-state index in [0.717, 1.165) is 0 Å². The van der Waals surface area contributed by atoms with Gasteiger partial charge in [-0.05, 0) is 0 Å². The van der Waals surface area contributed by atoms with Crippen LogP contribution in [0.5, 0.6) is 5.75 Å². The third kappa shape index (κ3) is 3.07. The van der Waals surface area contributed by atoms with Crippen molar-refractivity contribution in [3.05, 3.63) is 23.5 Å². The lowest BCUT2D eigenvalue weighted by Crippen LogP contribution is -1.95. The third-order valence-electron chi connectivity index (χ3n) is 1.78. The van der Waals surface area contributed by atoms with E-state index >= 15 is 0 Å². The first-order valence-corrected chi connectivity index (χ1v) is 5.05. The van der Waals surface area contributed by atoms with Crippen LogP contribution in [0.2, 0.25) is 0 Å². The number of hydrogen-bond acceptors (Lipinski definition) is 3. The number of nitrogens with two attached hydrogens (primary N) is 1. The van der Waals surface area contributed by atoms with E-state index in [-0.39, 0.29) is 5.69 Å². The molecule has 0 saturated heterocycles. The van der Waals surface area contributed by atoms with Crippen LogP contribution in [-0.4, -0.2) is 12.9 Å². The fourth-order valence-corrected chi connectivity index (χ4v) is 1.17. The van der Waals surface area contributed by atoms with Crippen LogP contribution >= 0.6 is 12.6 Å². The maximum absolute atomic E-state index is 13.3. The molecule has 2 N–H and O–H groups in total. The lowest BCUT2D eigenvalue weighted by molar-refractivity contribution is 0.416. The molecule has 1 aromatic rings. The van der Waals surface area contributed by atoms with Crippen molar-refractivity contribution in [2.75, 3.05) is 18.6 Å². The van der Waals surface area contributed by atoms with E-state index in [0.29, 0.717) is 23.5 Å². The van der Waals surface area contributed by atoms with Gasteiger partial charge in [-0.2, -0.15) is 12.6 Å². The second-order valence-corrected chi connectivity index (χ2v) is 3.30. The van der Waals surface area contributed by atoms with Crippen LogP contribution in [0.25, 0.3) is 0 Å². The normalized spacial score (nSPS) is 9.27. The van der Waals surface area contributed by atoms with Gasteiger partial charge in [0, 0.05) is 24.3 Å². The van der Waals surface area contributed by atoms with Gasteiger partial charge >= 0.3 is 0 Å². The molecule has 2 nitrogen and oxygen atoms in total. The summed E-state index contributed by atoms with van der Waals surface area (Å²) < 4.78 is 18.3. The number of thiol groups is 1. The van der Waals surface area contributed by atoms with Crippen LogP contribution in [-0.2, 0) is 0 Å². The van der Waals surface area contributed by atoms with E-state index in [4.69, 9.17) is 10.5 Å². The Kier molecular flexibility index (Phi) is 4.32. The van der Waals surface area contributed by atoms with E-state index in [2.05, 4.69) is 24.5 Å². The van der Waals surface area contributed by atoms with E-state index in [1.165, 1.54) is 19.2 Å². The Labute approximate surface area is 94.0 Å². The number of rotatable bonds is 2. The van der Waals surface area contributed by atoms with E-state index in [9.17, 15) is 4.39 Å². The van der Waals surface area contributed by atoms with E-state index < -0.39 is 5.82 Å². The molecule has 0 bridgehead atoms. The first-order chi connectivity index (χ1) is 7.19. The van der Waals surface area contributed by atoms with Gasteiger partial charge in [0.25, 0.3) is 0 Å². The zero-order chi connectivity index (χ0) is 11.3. The van der Waals surface area contributed by atoms with Crippen LogP contribution in [0.1, 0.15) is 12.0 Å². The molecule has 0 heterocycles. The Bertz CT molecular complexity index is 409. The number of hydrogen-bond donors (Lipinski definition) is 2. The van der Waals surface area contributed by atoms with Gasteiger partial charge in [-0.25, -0.2) is 4.39 Å². The van der Waals surface area contributed by atoms with E-state index in [1.807, 2.05) is 0 Å². The minimum absolute atomic E-state index is 0.273. The van der Waals surface area contributed by atoms with Crippen LogP contribution in [0.15, 0.2) is 12.1 Å². The molecule has 4 heteroatoms. The van der Waals surface area contributed by atoms with Crippen molar-refractivity contribution in [3.8, 4) is 17.6 Å². The predicted octanol–water partition coefficient (Wildman–Crippen LogP) is 2.09. The first-order valence-electron chi connectivity index (χ1n) is 4.41. The standard InChI is InChI=1S/C11H12FNOS/c1-14-11-6-8(4-2-3-5-15)9(12)7-10(11)13/h6-7,15H,3,5,13H2,1H3. The largest absolute Gasteiger partial charge is 0.495 e. The molecule has 0 aliphatic rings. The van der Waals surface area contributed by atoms with Crippen molar-refractivity contribution >= 4 is 18.3 Å². The average Bonchev–Trinajstić information content (AvgIpc) is 2.21. The molecule has 0 fully saturated rings. The number of halogens is 1. The average molecular weight is 225 g/mol. The minimum atomic E-state index is -0.431. The second-order valence-electron chi connectivity index (χ2n) is 2.85. The molecule has 0 aliphatic heterocycles. The highest BCUT2D eigenvalue weighted by atomic mass is 32.1. The number of nitrogen functional groups attached to an aromatic ring is 1. The van der Waals surface area contributed by atoms with E-state index in [1.54, 1.807) is 0 Å². The molecule has 0 atom stereocenters. The Morgan fingerprint density at radius 3 is 2.87 bits per heavy atom. The summed E-state index contributed by atoms with van der Waals surface area (Å²) in [5.74, 6) is 6.17. The zero-order valence-electron chi connectivity index (χ0n) is 8.38. The molecule has 1 aromatic carbocycles. The summed E-state index contributed by atoms with van der Waals surface area (Å²) in [5.41, 5.74) is 6.10. The second kappa shape index (κ2) is 5.52. The summed E-state index contributed by atoms with van der Waals surface area (Å²) in [5, 5.41) is 0. The maximum Gasteiger partial charge on any atom is 0.143 e. The summed E-state index contributed by atoms with van der Waals surface area (Å²) >= 11 is 4.01. The van der Waals surface area contributed by atoms with Gasteiger partial charge in [0.1, 0.15) is 11.6 Å². The highest BCUT2D eigenvalue weighted by Gasteiger charge is 2.05. The van der Waals surface area contributed by atoms with Gasteiger partial charge in [0.15, 0.2) is 0 Å². The van der Waals surface area contributed by atoms with Crippen LogP contribution in [0.3, 0.4) is 0 Å². The third-order valence-corrected chi connectivity index (χ3v) is 2.00. The molecule has 15 heavy (non-hydrogen) atoms. The van der Waals surface area contributed by atoms with Crippen molar-refractivity contribution in [3.63, 3.8) is 0 Å². The Morgan fingerprint density at radius 2 is 2.27 bits per heavy atom. The Balaban J connectivity index is 3.04. The molecule has 0 amide bonds. The Hall–Kier alpha value is -1.34. The lowest BCUT2D eigenvalue weighted by Gasteiger charge is -2.05. The van der Waals surface area contributed by atoms with Crippen LogP contribution < -0.4 is 10.5 Å². The van der Waals surface area contributed by atoms with Crippen molar-refractivity contribution in [1.29, 1.82) is 0 Å². The SMILES string of the molecule is COc1cc(C#CCCS)c(F)cc1N. The molecular weight excluding hydrogens is 213 g/mol. The fourth-order valence-electron chi connectivity index (χ4n) is 1.05. The number of anilines is 1. The molecule has 0 saturated carbocycles. The quantitative estimate of drug-likeness (QED) is 0.459. The molecular formula is C11H12FNOS. The van der Waals surface area contributed by atoms with Crippen molar-refractivity contribution in [2.24, 2.45) is 0 Å². The minimum Gasteiger partial charge on any atom is -0.495 e. The monoisotopic (exact) mass is 225 g/mol. The molecule has 80 valence electrons. The van der Waals surface area contributed by atoms with Gasteiger partial charge in [0.05, 0.1) is 18.4 Å². The molecule has 0 spiro atoms. The topological polar surface area (TPSA) is 35.2 Å². The maximum atomic E-state index is 13.3. The summed E-state index contributed by atoms with van der Waals surface area (Å²) in [6, 6.07) is 2.71. The highest BCUT2D eigenvalue weighted by Crippen LogP contribution is 2.24. The molecule has 0 aliphatic carbocycles. The van der Waals surface area contributed by atoms with Gasteiger partial charge < -0.3 is 10.5 Å². The predicted molar refractivity (Wildman–Crippen MR) is 62.7 cm³/mol. The summed E-state index contributed by atoms with van der Waals surface area (Å²) in [6.45, 7) is 0. The number of methoxy groups -OCH3 is 1. The highest BCUT2D eigenvalue weighted by molar-refractivity contribution is 7.80. The van der Waals surface area contributed by atoms with Crippen molar-refractivity contribution in [1.82, 2.24) is 0 Å². The number of benzene rings is 1. The van der Waals surface area contributed by atoms with Crippen LogP contribution in [0.4, 0.5) is 10.1 Å². The summed E-state index contributed by atoms with van der Waals surface area (Å²) in [4.78, 5) is 0. The fraction of sp³-hybridized carbons (Fsp3) is 0.273. The Morgan fingerprint density at radius 1 is 1.53 bits per heavy atom. The summed E-state index contributed by atoms with van der Waals surface area (Å²) in [6.07, 6.45) is 0.620. The molecule has 0 aromatic heterocycles. The number of ether oxygens (including phenoxy) is 1. The van der Waals surface area contributed by atoms with Gasteiger partial charge in [-0.3, -0.25) is 0 Å². The zero-order valence-corrected chi connectivity index (χ0v) is 9.27. The van der Waals surface area contributed by atoms with Gasteiger partial charge in [-0.1, -0.05) is 11.8 Å². The smallest absolute Gasteiger partial charge is 0.143 e. The summed E-state index contributed by atoms with van der Waals surface area (Å²) in [7, 11) is 1.48. The van der Waals surface area contributed by atoms with Gasteiger partial charge in [-0.15, -0.1) is 0 Å².